The molecule has 0 fully saturated rings. The van der Waals surface area contributed by atoms with Gasteiger partial charge in [-0.2, -0.15) is 0 Å². The highest BCUT2D eigenvalue weighted by molar-refractivity contribution is 5.71. The zero-order valence-corrected chi connectivity index (χ0v) is 39.2. The average molecular weight is 837 g/mol. The molecule has 1 unspecified atom stereocenters. The lowest BCUT2D eigenvalue weighted by molar-refractivity contribution is -0.167. The van der Waals surface area contributed by atoms with Crippen molar-refractivity contribution in [1.29, 1.82) is 0 Å². The van der Waals surface area contributed by atoms with Gasteiger partial charge < -0.3 is 14.2 Å². The number of hydrogen-bond acceptors (Lipinski definition) is 6. The van der Waals surface area contributed by atoms with Crippen LogP contribution in [-0.2, 0) is 28.6 Å². The van der Waals surface area contributed by atoms with Crippen molar-refractivity contribution < 1.29 is 28.6 Å². The average Bonchev–Trinajstić information content (AvgIpc) is 3.24. The molecule has 0 aliphatic rings. The molecule has 0 heterocycles. The predicted octanol–water partition coefficient (Wildman–Crippen LogP) is 16.3. The van der Waals surface area contributed by atoms with Crippen LogP contribution in [0.25, 0.3) is 0 Å². The van der Waals surface area contributed by atoms with Crippen LogP contribution in [0.3, 0.4) is 0 Å². The molecule has 0 aromatic carbocycles. The van der Waals surface area contributed by atoms with Crippen LogP contribution in [0.4, 0.5) is 0 Å². The summed E-state index contributed by atoms with van der Waals surface area (Å²) in [5.41, 5.74) is 0. The highest BCUT2D eigenvalue weighted by Crippen LogP contribution is 2.14. The van der Waals surface area contributed by atoms with E-state index >= 15 is 0 Å². The van der Waals surface area contributed by atoms with Gasteiger partial charge in [0.05, 0.1) is 0 Å². The van der Waals surface area contributed by atoms with Gasteiger partial charge in [0.1, 0.15) is 13.2 Å². The quantitative estimate of drug-likeness (QED) is 0.0263. The number of carbonyl (C=O) groups excluding carboxylic acids is 3. The van der Waals surface area contributed by atoms with Gasteiger partial charge in [-0.3, -0.25) is 14.4 Å². The van der Waals surface area contributed by atoms with Crippen LogP contribution >= 0.6 is 0 Å². The van der Waals surface area contributed by atoms with Gasteiger partial charge >= 0.3 is 17.9 Å². The first-order valence-corrected chi connectivity index (χ1v) is 24.9. The summed E-state index contributed by atoms with van der Waals surface area (Å²) in [6.45, 7) is 6.37. The van der Waals surface area contributed by atoms with Crippen molar-refractivity contribution in [3.8, 4) is 0 Å². The minimum Gasteiger partial charge on any atom is -0.462 e. The van der Waals surface area contributed by atoms with Crippen LogP contribution in [0.2, 0.25) is 0 Å². The molecule has 0 spiro atoms. The Morgan fingerprint density at radius 3 is 1.02 bits per heavy atom. The van der Waals surface area contributed by atoms with E-state index in [9.17, 15) is 14.4 Å². The first-order chi connectivity index (χ1) is 29.5. The Balaban J connectivity index is 4.34. The van der Waals surface area contributed by atoms with Crippen molar-refractivity contribution in [3.63, 3.8) is 0 Å². The van der Waals surface area contributed by atoms with Gasteiger partial charge in [-0.05, 0) is 83.5 Å². The van der Waals surface area contributed by atoms with E-state index in [1.807, 2.05) is 0 Å². The fraction of sp³-hybridized carbons (Fsp3) is 0.722. The highest BCUT2D eigenvalue weighted by Gasteiger charge is 2.19. The zero-order valence-electron chi connectivity index (χ0n) is 39.2. The zero-order chi connectivity index (χ0) is 43.7. The SMILES string of the molecule is CC/C=C\C/C=C\C/C=C\CCCCCCCCCCCC(=O)OCC(COC(=O)CCCCCCCCCCC)OC(=O)CCCCCC/C=C\C/C=C\C/C=C\CC. The van der Waals surface area contributed by atoms with Crippen LogP contribution in [0.1, 0.15) is 233 Å². The van der Waals surface area contributed by atoms with Gasteiger partial charge in [-0.1, -0.05) is 203 Å². The Morgan fingerprint density at radius 2 is 0.650 bits per heavy atom. The smallest absolute Gasteiger partial charge is 0.306 e. The van der Waals surface area contributed by atoms with E-state index in [0.717, 1.165) is 109 Å². The highest BCUT2D eigenvalue weighted by atomic mass is 16.6. The van der Waals surface area contributed by atoms with Crippen molar-refractivity contribution >= 4 is 17.9 Å². The predicted molar refractivity (Wildman–Crippen MR) is 256 cm³/mol. The van der Waals surface area contributed by atoms with Crippen molar-refractivity contribution in [1.82, 2.24) is 0 Å². The summed E-state index contributed by atoms with van der Waals surface area (Å²) in [5.74, 6) is -0.916. The number of unbranched alkanes of at least 4 members (excludes halogenated alkanes) is 21. The summed E-state index contributed by atoms with van der Waals surface area (Å²) >= 11 is 0. The lowest BCUT2D eigenvalue weighted by atomic mass is 10.1. The molecule has 0 aliphatic heterocycles. The summed E-state index contributed by atoms with van der Waals surface area (Å²) < 4.78 is 16.7. The lowest BCUT2D eigenvalue weighted by Gasteiger charge is -2.18. The molecule has 0 saturated carbocycles. The van der Waals surface area contributed by atoms with Crippen LogP contribution in [-0.4, -0.2) is 37.2 Å². The summed E-state index contributed by atoms with van der Waals surface area (Å²) in [6.07, 6.45) is 60.3. The van der Waals surface area contributed by atoms with Gasteiger partial charge in [0, 0.05) is 19.3 Å². The maximum atomic E-state index is 12.7. The standard InChI is InChI=1S/C54H92O6/c1-4-7-10-13-16-19-21-23-25-26-27-28-29-31-32-35-38-41-44-47-53(56)59-50-51(49-58-52(55)46-43-40-37-34-18-15-12-9-6-3)60-54(57)48-45-42-39-36-33-30-24-22-20-17-14-11-8-5-2/h7-8,10-11,16-17,19-20,23-25,30,51H,4-6,9,12-15,18,21-22,26-29,31-50H2,1-3H3/b10-7-,11-8-,19-16-,20-17-,25-23-,30-24-. The first kappa shape index (κ1) is 56.9. The van der Waals surface area contributed by atoms with E-state index in [1.165, 1.54) is 83.5 Å². The molecule has 344 valence electrons. The number of ether oxygens (including phenoxy) is 3. The van der Waals surface area contributed by atoms with Crippen molar-refractivity contribution in [3.05, 3.63) is 72.9 Å². The summed E-state index contributed by atoms with van der Waals surface area (Å²) in [5, 5.41) is 0. The van der Waals surface area contributed by atoms with E-state index in [1.54, 1.807) is 0 Å². The number of esters is 3. The molecular weight excluding hydrogens is 745 g/mol. The van der Waals surface area contributed by atoms with E-state index in [2.05, 4.69) is 93.7 Å². The lowest BCUT2D eigenvalue weighted by Crippen LogP contribution is -2.30. The molecule has 0 aromatic heterocycles. The molecule has 0 radical (unpaired) electrons. The molecule has 0 aliphatic carbocycles. The molecule has 0 aromatic rings. The van der Waals surface area contributed by atoms with E-state index in [4.69, 9.17) is 14.2 Å². The summed E-state index contributed by atoms with van der Waals surface area (Å²) in [4.78, 5) is 37.8. The van der Waals surface area contributed by atoms with Gasteiger partial charge in [-0.15, -0.1) is 0 Å². The molecule has 0 amide bonds. The number of hydrogen-bond donors (Lipinski definition) is 0. The molecule has 0 rings (SSSR count). The molecule has 0 bridgehead atoms. The normalized spacial score (nSPS) is 12.7. The van der Waals surface area contributed by atoms with E-state index < -0.39 is 6.10 Å². The third kappa shape index (κ3) is 45.9. The Bertz CT molecular complexity index is 1140. The van der Waals surface area contributed by atoms with Crippen LogP contribution in [0, 0.1) is 0 Å². The van der Waals surface area contributed by atoms with E-state index in [0.29, 0.717) is 19.3 Å². The molecule has 6 heteroatoms. The second kappa shape index (κ2) is 48.5. The Hall–Kier alpha value is -3.15. The second-order valence-corrected chi connectivity index (χ2v) is 16.3. The third-order valence-electron chi connectivity index (χ3n) is 10.5. The molecule has 0 saturated heterocycles. The van der Waals surface area contributed by atoms with Gasteiger partial charge in [0.2, 0.25) is 0 Å². The summed E-state index contributed by atoms with van der Waals surface area (Å²) in [6, 6.07) is 0. The number of rotatable bonds is 44. The van der Waals surface area contributed by atoms with E-state index in [-0.39, 0.29) is 31.1 Å². The minimum atomic E-state index is -0.786. The Kier molecular flexibility index (Phi) is 46.0. The maximum Gasteiger partial charge on any atom is 0.306 e. The second-order valence-electron chi connectivity index (χ2n) is 16.3. The Labute approximate surface area is 370 Å². The number of carbonyl (C=O) groups is 3. The number of allylic oxidation sites excluding steroid dienone is 12. The largest absolute Gasteiger partial charge is 0.462 e. The van der Waals surface area contributed by atoms with Crippen LogP contribution < -0.4 is 0 Å². The molecule has 0 N–H and O–H groups in total. The molecule has 1 atom stereocenters. The molecule has 6 nitrogen and oxygen atoms in total. The minimum absolute atomic E-state index is 0.0853. The monoisotopic (exact) mass is 837 g/mol. The van der Waals surface area contributed by atoms with Crippen molar-refractivity contribution in [2.24, 2.45) is 0 Å². The fourth-order valence-electron chi connectivity index (χ4n) is 6.76. The van der Waals surface area contributed by atoms with Crippen LogP contribution in [0.15, 0.2) is 72.9 Å². The topological polar surface area (TPSA) is 78.9 Å². The molecule has 60 heavy (non-hydrogen) atoms. The molecular formula is C54H92O6. The van der Waals surface area contributed by atoms with Crippen molar-refractivity contribution in [2.75, 3.05) is 13.2 Å². The van der Waals surface area contributed by atoms with Crippen LogP contribution in [0.5, 0.6) is 0 Å². The van der Waals surface area contributed by atoms with Crippen molar-refractivity contribution in [2.45, 2.75) is 239 Å². The Morgan fingerprint density at radius 1 is 0.350 bits per heavy atom. The maximum absolute atomic E-state index is 12.7. The van der Waals surface area contributed by atoms with Gasteiger partial charge in [0.15, 0.2) is 6.10 Å². The van der Waals surface area contributed by atoms with Gasteiger partial charge in [-0.25, -0.2) is 0 Å². The third-order valence-corrected chi connectivity index (χ3v) is 10.5. The fourth-order valence-corrected chi connectivity index (χ4v) is 6.76. The van der Waals surface area contributed by atoms with Gasteiger partial charge in [0.25, 0.3) is 0 Å². The summed E-state index contributed by atoms with van der Waals surface area (Å²) in [7, 11) is 0. The first-order valence-electron chi connectivity index (χ1n) is 24.9.